The number of nitrogens with zero attached hydrogens (tertiary/aromatic N) is 1. The van der Waals surface area contributed by atoms with E-state index >= 15 is 0 Å². The Balaban J connectivity index is 1.93. The van der Waals surface area contributed by atoms with Gasteiger partial charge in [-0.05, 0) is 50.6 Å². The van der Waals surface area contributed by atoms with E-state index in [1.807, 2.05) is 57.2 Å². The Labute approximate surface area is 189 Å². The fraction of sp³-hybridized carbons (Fsp3) is 0.240. The summed E-state index contributed by atoms with van der Waals surface area (Å²) < 4.78 is 33.5. The Morgan fingerprint density at radius 2 is 1.66 bits per heavy atom. The molecule has 0 aliphatic carbocycles. The maximum Gasteiger partial charge on any atom is 0.264 e. The summed E-state index contributed by atoms with van der Waals surface area (Å²) in [6, 6.07) is 20.7. The molecule has 1 amide bonds. The molecule has 0 heterocycles. The van der Waals surface area contributed by atoms with Crippen molar-refractivity contribution in [3.05, 3.63) is 89.5 Å². The number of anilines is 1. The minimum atomic E-state index is -3.95. The average Bonchev–Trinajstić information content (AvgIpc) is 2.78. The van der Waals surface area contributed by atoms with E-state index in [1.54, 1.807) is 31.4 Å². The van der Waals surface area contributed by atoms with Crippen LogP contribution in [0.15, 0.2) is 77.7 Å². The predicted octanol–water partition coefficient (Wildman–Crippen LogP) is 4.38. The van der Waals surface area contributed by atoms with E-state index in [9.17, 15) is 13.2 Å². The molecule has 1 N–H and O–H groups in total. The lowest BCUT2D eigenvalue weighted by Gasteiger charge is -2.27. The van der Waals surface area contributed by atoms with Crippen LogP contribution in [0.4, 0.5) is 5.69 Å². The molecule has 0 aromatic heterocycles. The molecule has 1 atom stereocenters. The molecule has 32 heavy (non-hydrogen) atoms. The highest BCUT2D eigenvalue weighted by molar-refractivity contribution is 7.92. The molecular formula is C25H28N2O4S. The molecule has 0 radical (unpaired) electrons. The molecule has 0 bridgehead atoms. The van der Waals surface area contributed by atoms with Gasteiger partial charge in [-0.1, -0.05) is 54.1 Å². The van der Waals surface area contributed by atoms with Gasteiger partial charge in [0.15, 0.2) is 0 Å². The van der Waals surface area contributed by atoms with E-state index < -0.39 is 15.9 Å². The lowest BCUT2D eigenvalue weighted by atomic mass is 10.1. The van der Waals surface area contributed by atoms with Gasteiger partial charge in [0, 0.05) is 5.56 Å². The lowest BCUT2D eigenvalue weighted by Crippen LogP contribution is -2.42. The van der Waals surface area contributed by atoms with E-state index in [0.29, 0.717) is 11.4 Å². The number of benzene rings is 3. The van der Waals surface area contributed by atoms with Gasteiger partial charge in [-0.2, -0.15) is 0 Å². The van der Waals surface area contributed by atoms with Gasteiger partial charge in [0.05, 0.1) is 23.7 Å². The van der Waals surface area contributed by atoms with Crippen LogP contribution < -0.4 is 14.4 Å². The molecule has 168 valence electrons. The number of ether oxygens (including phenoxy) is 1. The first-order valence-corrected chi connectivity index (χ1v) is 11.8. The molecule has 3 rings (SSSR count). The number of methoxy groups -OCH3 is 1. The van der Waals surface area contributed by atoms with Crippen LogP contribution in [0.25, 0.3) is 0 Å². The maximum absolute atomic E-state index is 13.5. The van der Waals surface area contributed by atoms with Gasteiger partial charge in [-0.25, -0.2) is 8.42 Å². The summed E-state index contributed by atoms with van der Waals surface area (Å²) in [6.45, 7) is 5.27. The first-order chi connectivity index (χ1) is 15.2. The van der Waals surface area contributed by atoms with E-state index in [1.165, 1.54) is 16.4 Å². The average molecular weight is 453 g/mol. The fourth-order valence-corrected chi connectivity index (χ4v) is 5.13. The van der Waals surface area contributed by atoms with Gasteiger partial charge in [0.2, 0.25) is 5.91 Å². The van der Waals surface area contributed by atoms with Gasteiger partial charge in [-0.15, -0.1) is 0 Å². The third kappa shape index (κ3) is 5.11. The first-order valence-electron chi connectivity index (χ1n) is 10.3. The van der Waals surface area contributed by atoms with Crippen molar-refractivity contribution in [3.8, 4) is 5.75 Å². The van der Waals surface area contributed by atoms with E-state index in [4.69, 9.17) is 4.74 Å². The van der Waals surface area contributed by atoms with Crippen molar-refractivity contribution in [1.82, 2.24) is 5.32 Å². The number of carbonyl (C=O) groups excluding carboxylic acids is 1. The van der Waals surface area contributed by atoms with E-state index in [0.717, 1.165) is 16.7 Å². The molecular weight excluding hydrogens is 424 g/mol. The summed E-state index contributed by atoms with van der Waals surface area (Å²) in [6.07, 6.45) is 0. The first kappa shape index (κ1) is 23.3. The van der Waals surface area contributed by atoms with Crippen molar-refractivity contribution in [2.75, 3.05) is 18.0 Å². The van der Waals surface area contributed by atoms with Gasteiger partial charge < -0.3 is 10.1 Å². The number of amides is 1. The van der Waals surface area contributed by atoms with Crippen molar-refractivity contribution >= 4 is 21.6 Å². The van der Waals surface area contributed by atoms with Gasteiger partial charge in [0.25, 0.3) is 10.0 Å². The Kier molecular flexibility index (Phi) is 7.20. The van der Waals surface area contributed by atoms with Crippen molar-refractivity contribution < 1.29 is 17.9 Å². The summed E-state index contributed by atoms with van der Waals surface area (Å²) in [5.41, 5.74) is 3.07. The smallest absolute Gasteiger partial charge is 0.264 e. The fourth-order valence-electron chi connectivity index (χ4n) is 3.62. The van der Waals surface area contributed by atoms with Crippen molar-refractivity contribution in [3.63, 3.8) is 0 Å². The third-order valence-corrected chi connectivity index (χ3v) is 7.00. The minimum Gasteiger partial charge on any atom is -0.496 e. The number of aryl methyl sites for hydroxylation is 2. The second-order valence-corrected chi connectivity index (χ2v) is 9.51. The van der Waals surface area contributed by atoms with Crippen molar-refractivity contribution in [2.24, 2.45) is 0 Å². The minimum absolute atomic E-state index is 0.130. The standard InChI is InChI=1S/C25H28N2O4S/c1-18-14-15-23(19(2)16-18)27(32(29,30)21-10-6-5-7-11-21)17-25(28)26-20(3)22-12-8-9-13-24(22)31-4/h5-16,20H,17H2,1-4H3,(H,26,28)/t20-/m1/s1. The molecule has 0 unspecified atom stereocenters. The van der Waals surface area contributed by atoms with Crippen LogP contribution in [0, 0.1) is 13.8 Å². The second-order valence-electron chi connectivity index (χ2n) is 7.65. The molecule has 0 saturated heterocycles. The van der Waals surface area contributed by atoms with Crippen LogP contribution in [-0.2, 0) is 14.8 Å². The van der Waals surface area contributed by atoms with Crippen LogP contribution in [0.5, 0.6) is 5.75 Å². The molecule has 0 spiro atoms. The Hall–Kier alpha value is -3.32. The number of sulfonamides is 1. The summed E-state index contributed by atoms with van der Waals surface area (Å²) in [7, 11) is -2.38. The number of hydrogen-bond acceptors (Lipinski definition) is 4. The van der Waals surface area contributed by atoms with E-state index in [-0.39, 0.29) is 17.5 Å². The number of para-hydroxylation sites is 1. The highest BCUT2D eigenvalue weighted by Gasteiger charge is 2.28. The summed E-state index contributed by atoms with van der Waals surface area (Å²) in [5, 5.41) is 2.90. The Bertz CT molecular complexity index is 1190. The number of nitrogens with one attached hydrogen (secondary N) is 1. The van der Waals surface area contributed by atoms with Crippen LogP contribution in [0.2, 0.25) is 0 Å². The van der Waals surface area contributed by atoms with E-state index in [2.05, 4.69) is 5.32 Å². The molecule has 3 aromatic rings. The molecule has 0 aliphatic heterocycles. The predicted molar refractivity (Wildman–Crippen MR) is 126 cm³/mol. The van der Waals surface area contributed by atoms with Crippen LogP contribution >= 0.6 is 0 Å². The normalized spacial score (nSPS) is 12.1. The zero-order chi connectivity index (χ0) is 23.3. The van der Waals surface area contributed by atoms with Crippen LogP contribution in [0.3, 0.4) is 0 Å². The topological polar surface area (TPSA) is 75.7 Å². The van der Waals surface area contributed by atoms with Gasteiger partial charge >= 0.3 is 0 Å². The summed E-state index contributed by atoms with van der Waals surface area (Å²) >= 11 is 0. The van der Waals surface area contributed by atoms with Gasteiger partial charge in [0.1, 0.15) is 12.3 Å². The zero-order valence-corrected chi connectivity index (χ0v) is 19.5. The zero-order valence-electron chi connectivity index (χ0n) is 18.7. The Morgan fingerprint density at radius 1 is 1.00 bits per heavy atom. The van der Waals surface area contributed by atoms with Gasteiger partial charge in [-0.3, -0.25) is 9.10 Å². The molecule has 0 aliphatic rings. The lowest BCUT2D eigenvalue weighted by molar-refractivity contribution is -0.120. The molecule has 0 fully saturated rings. The second kappa shape index (κ2) is 9.87. The summed E-state index contributed by atoms with van der Waals surface area (Å²) in [5.74, 6) is 0.242. The van der Waals surface area contributed by atoms with Crippen LogP contribution in [0.1, 0.15) is 29.7 Å². The highest BCUT2D eigenvalue weighted by Crippen LogP contribution is 2.28. The number of hydrogen-bond donors (Lipinski definition) is 1. The molecule has 3 aromatic carbocycles. The third-order valence-electron chi connectivity index (χ3n) is 5.22. The quantitative estimate of drug-likeness (QED) is 0.550. The SMILES string of the molecule is COc1ccccc1[C@@H](C)NC(=O)CN(c1ccc(C)cc1C)S(=O)(=O)c1ccccc1. The van der Waals surface area contributed by atoms with Crippen molar-refractivity contribution in [2.45, 2.75) is 31.7 Å². The summed E-state index contributed by atoms with van der Waals surface area (Å²) in [4.78, 5) is 13.1. The van der Waals surface area contributed by atoms with Crippen LogP contribution in [-0.4, -0.2) is 28.0 Å². The Morgan fingerprint density at radius 3 is 2.31 bits per heavy atom. The number of carbonyl (C=O) groups is 1. The molecule has 6 nitrogen and oxygen atoms in total. The molecule has 7 heteroatoms. The van der Waals surface area contributed by atoms with Crippen molar-refractivity contribution in [1.29, 1.82) is 0 Å². The largest absolute Gasteiger partial charge is 0.496 e. The number of rotatable bonds is 8. The molecule has 0 saturated carbocycles. The maximum atomic E-state index is 13.5. The monoisotopic (exact) mass is 452 g/mol. The highest BCUT2D eigenvalue weighted by atomic mass is 32.2.